The van der Waals surface area contributed by atoms with E-state index >= 15 is 0 Å². The zero-order chi connectivity index (χ0) is 13.0. The molecule has 0 spiro atoms. The molecule has 106 valence electrons. The highest BCUT2D eigenvalue weighted by Crippen LogP contribution is 2.18. The van der Waals surface area contributed by atoms with E-state index in [0.29, 0.717) is 18.2 Å². The number of aliphatic hydroxyl groups excluding tert-OH is 1. The highest BCUT2D eigenvalue weighted by Gasteiger charge is 2.21. The topological polar surface area (TPSA) is 56.7 Å². The van der Waals surface area contributed by atoms with Crippen LogP contribution in [-0.4, -0.2) is 24.2 Å². The average Bonchev–Trinajstić information content (AvgIpc) is 3.20. The maximum atomic E-state index is 13.2. The van der Waals surface area contributed by atoms with Crippen molar-refractivity contribution in [2.45, 2.75) is 32.0 Å². The average molecular weight is 379 g/mol. The number of rotatable bonds is 4. The number of hydrogen-bond donors (Lipinski definition) is 3. The first-order valence-electron chi connectivity index (χ1n) is 6.08. The van der Waals surface area contributed by atoms with Gasteiger partial charge in [0.2, 0.25) is 0 Å². The van der Waals surface area contributed by atoms with Crippen molar-refractivity contribution in [3.05, 3.63) is 35.1 Å². The van der Waals surface area contributed by atoms with Gasteiger partial charge in [0, 0.05) is 25.2 Å². The summed E-state index contributed by atoms with van der Waals surface area (Å²) in [6.07, 6.45) is 2.37. The minimum absolute atomic E-state index is 0. The SMILES string of the molecule is CN=C(NCc1ccc(F)c(CO)c1)NC1CC1.I. The quantitative estimate of drug-likeness (QED) is 0.425. The van der Waals surface area contributed by atoms with Crippen molar-refractivity contribution in [1.29, 1.82) is 0 Å². The zero-order valence-corrected chi connectivity index (χ0v) is 13.1. The fourth-order valence-corrected chi connectivity index (χ4v) is 1.66. The molecule has 0 aromatic heterocycles. The van der Waals surface area contributed by atoms with E-state index in [1.807, 2.05) is 0 Å². The standard InChI is InChI=1S/C13H18FN3O.HI/c1-15-13(17-11-3-4-11)16-7-9-2-5-12(14)10(6-9)8-18;/h2,5-6,11,18H,3-4,7-8H2,1H3,(H2,15,16,17);1H. The number of halogens is 2. The fraction of sp³-hybridized carbons (Fsp3) is 0.462. The van der Waals surface area contributed by atoms with E-state index < -0.39 is 0 Å². The van der Waals surface area contributed by atoms with Gasteiger partial charge in [-0.3, -0.25) is 4.99 Å². The van der Waals surface area contributed by atoms with Crippen LogP contribution in [-0.2, 0) is 13.2 Å². The van der Waals surface area contributed by atoms with Crippen LogP contribution in [0.4, 0.5) is 4.39 Å². The van der Waals surface area contributed by atoms with Crippen molar-refractivity contribution in [1.82, 2.24) is 10.6 Å². The van der Waals surface area contributed by atoms with Crippen LogP contribution in [0.1, 0.15) is 24.0 Å². The summed E-state index contributed by atoms with van der Waals surface area (Å²) < 4.78 is 13.2. The minimum atomic E-state index is -0.373. The van der Waals surface area contributed by atoms with Crippen LogP contribution in [0.2, 0.25) is 0 Å². The molecule has 0 bridgehead atoms. The third-order valence-electron chi connectivity index (χ3n) is 2.88. The second kappa shape index (κ2) is 7.64. The summed E-state index contributed by atoms with van der Waals surface area (Å²) in [5.74, 6) is 0.383. The smallest absolute Gasteiger partial charge is 0.191 e. The summed E-state index contributed by atoms with van der Waals surface area (Å²) in [4.78, 5) is 4.11. The molecule has 0 atom stereocenters. The van der Waals surface area contributed by atoms with E-state index in [-0.39, 0.29) is 36.4 Å². The zero-order valence-electron chi connectivity index (χ0n) is 10.8. The number of benzene rings is 1. The Kier molecular flexibility index (Phi) is 6.50. The predicted octanol–water partition coefficient (Wildman–Crippen LogP) is 1.76. The summed E-state index contributed by atoms with van der Waals surface area (Å²) >= 11 is 0. The second-order valence-electron chi connectivity index (χ2n) is 4.43. The first-order valence-corrected chi connectivity index (χ1v) is 6.08. The lowest BCUT2D eigenvalue weighted by molar-refractivity contribution is 0.275. The molecule has 1 aromatic carbocycles. The van der Waals surface area contributed by atoms with Gasteiger partial charge in [-0.05, 0) is 30.5 Å². The second-order valence-corrected chi connectivity index (χ2v) is 4.43. The number of guanidine groups is 1. The normalized spacial score (nSPS) is 14.8. The van der Waals surface area contributed by atoms with E-state index in [0.717, 1.165) is 11.5 Å². The summed E-state index contributed by atoms with van der Waals surface area (Å²) in [7, 11) is 1.72. The number of nitrogens with one attached hydrogen (secondary N) is 2. The van der Waals surface area contributed by atoms with Crippen LogP contribution >= 0.6 is 24.0 Å². The van der Waals surface area contributed by atoms with E-state index in [2.05, 4.69) is 15.6 Å². The molecule has 0 amide bonds. The molecule has 1 aliphatic carbocycles. The lowest BCUT2D eigenvalue weighted by atomic mass is 10.1. The molecule has 0 aliphatic heterocycles. The molecule has 19 heavy (non-hydrogen) atoms. The molecule has 4 nitrogen and oxygen atoms in total. The highest BCUT2D eigenvalue weighted by atomic mass is 127. The van der Waals surface area contributed by atoms with Gasteiger partial charge in [-0.2, -0.15) is 0 Å². The number of nitrogens with zero attached hydrogens (tertiary/aromatic N) is 1. The monoisotopic (exact) mass is 379 g/mol. The van der Waals surface area contributed by atoms with Crippen LogP contribution in [0.3, 0.4) is 0 Å². The van der Waals surface area contributed by atoms with Crippen molar-refractivity contribution in [3.8, 4) is 0 Å². The Balaban J connectivity index is 0.00000180. The van der Waals surface area contributed by atoms with Gasteiger partial charge in [0.25, 0.3) is 0 Å². The Bertz CT molecular complexity index is 450. The van der Waals surface area contributed by atoms with Crippen molar-refractivity contribution in [2.75, 3.05) is 7.05 Å². The van der Waals surface area contributed by atoms with Crippen LogP contribution in [0.25, 0.3) is 0 Å². The van der Waals surface area contributed by atoms with Gasteiger partial charge in [0.1, 0.15) is 5.82 Å². The van der Waals surface area contributed by atoms with Gasteiger partial charge in [-0.15, -0.1) is 24.0 Å². The number of hydrogen-bond acceptors (Lipinski definition) is 2. The van der Waals surface area contributed by atoms with Gasteiger partial charge in [-0.25, -0.2) is 4.39 Å². The van der Waals surface area contributed by atoms with Gasteiger partial charge >= 0.3 is 0 Å². The molecule has 0 unspecified atom stereocenters. The lowest BCUT2D eigenvalue weighted by Gasteiger charge is -2.11. The van der Waals surface area contributed by atoms with E-state index in [1.54, 1.807) is 19.2 Å². The first kappa shape index (κ1) is 16.2. The summed E-state index contributed by atoms with van der Waals surface area (Å²) in [6, 6.07) is 5.27. The first-order chi connectivity index (χ1) is 8.72. The fourth-order valence-electron chi connectivity index (χ4n) is 1.66. The van der Waals surface area contributed by atoms with Crippen molar-refractivity contribution in [2.24, 2.45) is 4.99 Å². The van der Waals surface area contributed by atoms with E-state index in [1.165, 1.54) is 18.9 Å². The highest BCUT2D eigenvalue weighted by molar-refractivity contribution is 14.0. The Hall–Kier alpha value is -0.890. The predicted molar refractivity (Wildman–Crippen MR) is 84.1 cm³/mol. The number of aliphatic hydroxyl groups is 1. The lowest BCUT2D eigenvalue weighted by Crippen LogP contribution is -2.38. The van der Waals surface area contributed by atoms with Gasteiger partial charge < -0.3 is 15.7 Å². The maximum Gasteiger partial charge on any atom is 0.191 e. The van der Waals surface area contributed by atoms with Crippen LogP contribution in [0.15, 0.2) is 23.2 Å². The van der Waals surface area contributed by atoms with Gasteiger partial charge in [-0.1, -0.05) is 6.07 Å². The molecule has 0 radical (unpaired) electrons. The van der Waals surface area contributed by atoms with Crippen LogP contribution in [0.5, 0.6) is 0 Å². The molecule has 3 N–H and O–H groups in total. The van der Waals surface area contributed by atoms with Crippen molar-refractivity contribution < 1.29 is 9.50 Å². The molecule has 1 fully saturated rings. The van der Waals surface area contributed by atoms with Crippen LogP contribution in [0, 0.1) is 5.82 Å². The molecular formula is C13H19FIN3O. The Labute approximate surface area is 129 Å². The van der Waals surface area contributed by atoms with Crippen LogP contribution < -0.4 is 10.6 Å². The van der Waals surface area contributed by atoms with Crippen molar-refractivity contribution in [3.63, 3.8) is 0 Å². The van der Waals surface area contributed by atoms with Crippen molar-refractivity contribution >= 4 is 29.9 Å². The summed E-state index contributed by atoms with van der Waals surface area (Å²) in [6.45, 7) is 0.272. The molecule has 0 saturated heterocycles. The Morgan fingerprint density at radius 3 is 2.79 bits per heavy atom. The molecule has 1 aromatic rings. The molecule has 1 saturated carbocycles. The molecule has 6 heteroatoms. The summed E-state index contributed by atoms with van der Waals surface area (Å²) in [5, 5.41) is 15.4. The molecular weight excluding hydrogens is 360 g/mol. The largest absolute Gasteiger partial charge is 0.392 e. The molecule has 0 heterocycles. The van der Waals surface area contributed by atoms with Gasteiger partial charge in [0.15, 0.2) is 5.96 Å². The Morgan fingerprint density at radius 1 is 1.47 bits per heavy atom. The third kappa shape index (κ3) is 4.94. The number of aliphatic imine (C=N–C) groups is 1. The third-order valence-corrected chi connectivity index (χ3v) is 2.88. The maximum absolute atomic E-state index is 13.2. The molecule has 2 rings (SSSR count). The van der Waals surface area contributed by atoms with E-state index in [9.17, 15) is 4.39 Å². The summed E-state index contributed by atoms with van der Waals surface area (Å²) in [5.41, 5.74) is 1.23. The minimum Gasteiger partial charge on any atom is -0.392 e. The van der Waals surface area contributed by atoms with Gasteiger partial charge in [0.05, 0.1) is 6.61 Å². The van der Waals surface area contributed by atoms with E-state index in [4.69, 9.17) is 5.11 Å². The Morgan fingerprint density at radius 2 is 2.21 bits per heavy atom. The molecule has 1 aliphatic rings.